The minimum Gasteiger partial charge on any atom is -0.463 e. The summed E-state index contributed by atoms with van der Waals surface area (Å²) in [7, 11) is 1.19. The highest BCUT2D eigenvalue weighted by Crippen LogP contribution is 2.28. The van der Waals surface area contributed by atoms with E-state index in [4.69, 9.17) is 20.8 Å². The van der Waals surface area contributed by atoms with Crippen LogP contribution in [0, 0.1) is 10.1 Å². The summed E-state index contributed by atoms with van der Waals surface area (Å²) in [5.74, 6) is -2.10. The Morgan fingerprint density at radius 2 is 1.84 bits per heavy atom. The second kappa shape index (κ2) is 10.3. The predicted octanol–water partition coefficient (Wildman–Crippen LogP) is 3.94. The number of urea groups is 1. The molecule has 1 aromatic heterocycles. The lowest BCUT2D eigenvalue weighted by Crippen LogP contribution is -2.30. The molecular weight excluding hydrogens is 510 g/mol. The number of carbonyl (C=O) groups is 4. The molecule has 0 radical (unpaired) electrons. The Morgan fingerprint density at radius 1 is 1.11 bits per heavy atom. The van der Waals surface area contributed by atoms with E-state index in [1.165, 1.54) is 55.7 Å². The summed E-state index contributed by atoms with van der Waals surface area (Å²) >= 11 is 6.08. The van der Waals surface area contributed by atoms with Crippen molar-refractivity contribution in [2.75, 3.05) is 7.11 Å². The predicted molar refractivity (Wildman–Crippen MR) is 127 cm³/mol. The quantitative estimate of drug-likeness (QED) is 0.120. The van der Waals surface area contributed by atoms with E-state index in [1.54, 1.807) is 0 Å². The Balaban J connectivity index is 1.54. The van der Waals surface area contributed by atoms with Crippen LogP contribution in [0.15, 0.2) is 64.7 Å². The number of nitrogens with one attached hydrogen (secondary N) is 1. The van der Waals surface area contributed by atoms with E-state index in [-0.39, 0.29) is 51.3 Å². The molecule has 2 aromatic carbocycles. The summed E-state index contributed by atoms with van der Waals surface area (Å²) in [5, 5.41) is 13.5. The van der Waals surface area contributed by atoms with Gasteiger partial charge in [-0.05, 0) is 48.5 Å². The molecule has 0 spiro atoms. The number of carbonyl (C=O) groups excluding carboxylic acids is 4. The van der Waals surface area contributed by atoms with Gasteiger partial charge in [-0.25, -0.2) is 14.4 Å². The number of nitrogens with zero attached hydrogens (tertiary/aromatic N) is 2. The molecule has 1 fully saturated rings. The van der Waals surface area contributed by atoms with Crippen molar-refractivity contribution in [2.24, 2.45) is 0 Å². The molecule has 1 saturated heterocycles. The van der Waals surface area contributed by atoms with Gasteiger partial charge in [0.15, 0.2) is 0 Å². The smallest absolute Gasteiger partial charge is 0.373 e. The highest BCUT2D eigenvalue weighted by Gasteiger charge is 2.34. The van der Waals surface area contributed by atoms with Gasteiger partial charge >= 0.3 is 18.0 Å². The zero-order valence-corrected chi connectivity index (χ0v) is 19.7. The number of esters is 2. The first kappa shape index (κ1) is 25.1. The number of benzene rings is 2. The number of non-ortho nitro benzene ring substituents is 1. The maximum atomic E-state index is 12.9. The lowest BCUT2D eigenvalue weighted by molar-refractivity contribution is -0.384. The van der Waals surface area contributed by atoms with Gasteiger partial charge in [-0.1, -0.05) is 11.6 Å². The third-order valence-corrected chi connectivity index (χ3v) is 5.35. The number of nitro benzene ring substituents is 1. The molecule has 37 heavy (non-hydrogen) atoms. The highest BCUT2D eigenvalue weighted by molar-refractivity contribution is 6.30. The lowest BCUT2D eigenvalue weighted by Gasteiger charge is -2.10. The van der Waals surface area contributed by atoms with E-state index in [1.807, 2.05) is 0 Å². The van der Waals surface area contributed by atoms with Gasteiger partial charge in [0.25, 0.3) is 11.6 Å². The van der Waals surface area contributed by atoms with Crippen LogP contribution in [0.1, 0.15) is 32.2 Å². The summed E-state index contributed by atoms with van der Waals surface area (Å²) < 4.78 is 15.3. The number of rotatable bonds is 7. The number of ether oxygens (including phenoxy) is 2. The Labute approximate surface area is 213 Å². The maximum absolute atomic E-state index is 12.9. The number of halogens is 1. The van der Waals surface area contributed by atoms with E-state index in [2.05, 4.69) is 10.1 Å². The van der Waals surface area contributed by atoms with Crippen LogP contribution in [-0.4, -0.2) is 40.8 Å². The maximum Gasteiger partial charge on any atom is 0.373 e. The first-order chi connectivity index (χ1) is 17.7. The van der Waals surface area contributed by atoms with Crippen molar-refractivity contribution < 1.29 is 38.0 Å². The highest BCUT2D eigenvalue weighted by atomic mass is 35.5. The molecule has 4 rings (SSSR count). The van der Waals surface area contributed by atoms with E-state index in [0.29, 0.717) is 0 Å². The summed E-state index contributed by atoms with van der Waals surface area (Å²) in [5.41, 5.74) is -0.0520. The van der Waals surface area contributed by atoms with Crippen LogP contribution in [0.3, 0.4) is 0 Å². The molecule has 3 amide bonds. The lowest BCUT2D eigenvalue weighted by atomic mass is 10.1. The van der Waals surface area contributed by atoms with Crippen molar-refractivity contribution in [1.82, 2.24) is 10.2 Å². The Kier molecular flexibility index (Phi) is 7.02. The first-order valence-corrected chi connectivity index (χ1v) is 10.8. The van der Waals surface area contributed by atoms with Crippen LogP contribution < -0.4 is 10.1 Å². The fourth-order valence-corrected chi connectivity index (χ4v) is 3.48. The average Bonchev–Trinajstić information content (AvgIpc) is 3.45. The van der Waals surface area contributed by atoms with E-state index in [0.717, 1.165) is 17.0 Å². The van der Waals surface area contributed by atoms with E-state index >= 15 is 0 Å². The molecule has 0 aliphatic carbocycles. The van der Waals surface area contributed by atoms with Crippen molar-refractivity contribution in [3.05, 3.63) is 98.1 Å². The molecule has 2 heterocycles. The van der Waals surface area contributed by atoms with E-state index in [9.17, 15) is 29.3 Å². The third kappa shape index (κ3) is 5.49. The molecule has 0 atom stereocenters. The number of methoxy groups -OCH3 is 1. The van der Waals surface area contributed by atoms with Gasteiger partial charge in [-0.15, -0.1) is 0 Å². The summed E-state index contributed by atoms with van der Waals surface area (Å²) in [6.45, 7) is -0.253. The topological polar surface area (TPSA) is 158 Å². The number of nitro groups is 1. The van der Waals surface area contributed by atoms with Gasteiger partial charge in [0, 0.05) is 22.7 Å². The van der Waals surface area contributed by atoms with Crippen LogP contribution in [-0.2, 0) is 16.1 Å². The Hall–Kier alpha value is -4.97. The molecule has 1 aliphatic rings. The van der Waals surface area contributed by atoms with Crippen LogP contribution in [0.2, 0.25) is 5.02 Å². The molecule has 1 N–H and O–H groups in total. The molecule has 1 aliphatic heterocycles. The van der Waals surface area contributed by atoms with Crippen molar-refractivity contribution in [2.45, 2.75) is 6.54 Å². The minimum atomic E-state index is -0.806. The molecule has 0 bridgehead atoms. The second-order valence-corrected chi connectivity index (χ2v) is 7.95. The Morgan fingerprint density at radius 3 is 2.51 bits per heavy atom. The number of hydrogen-bond acceptors (Lipinski definition) is 9. The van der Waals surface area contributed by atoms with Crippen LogP contribution in [0.25, 0.3) is 6.08 Å². The van der Waals surface area contributed by atoms with Crippen LogP contribution >= 0.6 is 11.6 Å². The van der Waals surface area contributed by atoms with Crippen molar-refractivity contribution in [3.63, 3.8) is 0 Å². The first-order valence-electron chi connectivity index (χ1n) is 10.4. The van der Waals surface area contributed by atoms with Crippen molar-refractivity contribution in [3.8, 4) is 5.75 Å². The van der Waals surface area contributed by atoms with E-state index < -0.39 is 28.8 Å². The second-order valence-electron chi connectivity index (χ2n) is 7.51. The third-order valence-electron chi connectivity index (χ3n) is 5.11. The number of furan rings is 1. The number of amides is 3. The molecule has 12 nitrogen and oxygen atoms in total. The van der Waals surface area contributed by atoms with Gasteiger partial charge in [0.05, 0.1) is 24.1 Å². The monoisotopic (exact) mass is 525 g/mol. The molecule has 0 saturated carbocycles. The zero-order valence-electron chi connectivity index (χ0n) is 18.9. The fraction of sp³-hybridized carbons (Fsp3) is 0.0833. The summed E-state index contributed by atoms with van der Waals surface area (Å²) in [6.07, 6.45) is 1.28. The molecule has 13 heteroatoms. The van der Waals surface area contributed by atoms with Gasteiger partial charge in [-0.3, -0.25) is 19.8 Å². The van der Waals surface area contributed by atoms with Gasteiger partial charge < -0.3 is 19.2 Å². The van der Waals surface area contributed by atoms with Gasteiger partial charge in [-0.2, -0.15) is 0 Å². The van der Waals surface area contributed by atoms with Gasteiger partial charge in [0.2, 0.25) is 5.76 Å². The zero-order chi connectivity index (χ0) is 26.7. The number of hydrogen-bond donors (Lipinski definition) is 1. The van der Waals surface area contributed by atoms with Crippen molar-refractivity contribution >= 4 is 47.2 Å². The normalized spacial score (nSPS) is 14.0. The molecule has 188 valence electrons. The largest absolute Gasteiger partial charge is 0.463 e. The molecule has 3 aromatic rings. The van der Waals surface area contributed by atoms with Crippen LogP contribution in [0.5, 0.6) is 5.75 Å². The molecule has 0 unspecified atom stereocenters. The number of imide groups is 1. The average molecular weight is 526 g/mol. The van der Waals surface area contributed by atoms with Crippen LogP contribution in [0.4, 0.5) is 10.5 Å². The standard InChI is InChI=1S/C24H16ClN3O9/c1-35-23(31)20-9-7-17(36-20)12-27-21(29)18(26-24(27)32)11-14-10-15(25)4-8-19(14)37-22(30)13-2-5-16(6-3-13)28(33)34/h2-11H,12H2,1H3,(H,26,32)/b18-11-. The van der Waals surface area contributed by atoms with Crippen molar-refractivity contribution in [1.29, 1.82) is 0 Å². The summed E-state index contributed by atoms with van der Waals surface area (Å²) in [6, 6.07) is 11.1. The Bertz CT molecular complexity index is 1460. The summed E-state index contributed by atoms with van der Waals surface area (Å²) in [4.78, 5) is 60.5. The van der Waals surface area contributed by atoms with Gasteiger partial charge in [0.1, 0.15) is 17.2 Å². The minimum absolute atomic E-state index is 0.0227. The fourth-order valence-electron chi connectivity index (χ4n) is 3.30. The molecular formula is C24H16ClN3O9. The SMILES string of the molecule is COC(=O)c1ccc(CN2C(=O)N/C(=C\c3cc(Cl)ccc3OC(=O)c3ccc([N+](=O)[O-])cc3)C2=O)o1.